The summed E-state index contributed by atoms with van der Waals surface area (Å²) in [6, 6.07) is 0. The van der Waals surface area contributed by atoms with Crippen LogP contribution in [0.5, 0.6) is 0 Å². The minimum absolute atomic E-state index is 0.140. The van der Waals surface area contributed by atoms with Crippen LogP contribution < -0.4 is 0 Å². The lowest BCUT2D eigenvalue weighted by Crippen LogP contribution is -2.12. The van der Waals surface area contributed by atoms with Gasteiger partial charge in [0.15, 0.2) is 0 Å². The monoisotopic (exact) mass is 272 g/mol. The molecule has 0 aromatic rings. The molecule has 2 saturated carbocycles. The van der Waals surface area contributed by atoms with Crippen LogP contribution in [0.4, 0.5) is 0 Å². The zero-order chi connectivity index (χ0) is 13.0. The Morgan fingerprint density at radius 1 is 0.889 bits per heavy atom. The first-order valence-electron chi connectivity index (χ1n) is 7.35. The highest BCUT2D eigenvalue weighted by molar-refractivity contribution is 7.56. The predicted octanol–water partition coefficient (Wildman–Crippen LogP) is 4.21. The summed E-state index contributed by atoms with van der Waals surface area (Å²) in [4.78, 5) is 19.2. The largest absolute Gasteiger partial charge is 0.352 e. The Kier molecular flexibility index (Phi) is 5.06. The third-order valence-electron chi connectivity index (χ3n) is 4.42. The molecule has 0 heterocycles. The molecule has 0 atom stereocenters. The standard InChI is InChI=1S/C14H25O3P/c15-18(16,17)14(13-9-5-2-6-10-13)11-12-7-3-1-4-8-12/h11-13H,1-10H2,(H2,15,16,17). The van der Waals surface area contributed by atoms with Crippen molar-refractivity contribution in [2.45, 2.75) is 64.2 Å². The maximum Gasteiger partial charge on any atom is 0.352 e. The van der Waals surface area contributed by atoms with Gasteiger partial charge in [-0.15, -0.1) is 0 Å². The fraction of sp³-hybridized carbons (Fsp3) is 0.857. The molecule has 0 unspecified atom stereocenters. The van der Waals surface area contributed by atoms with Crippen molar-refractivity contribution >= 4 is 7.60 Å². The van der Waals surface area contributed by atoms with Crippen LogP contribution in [0.25, 0.3) is 0 Å². The van der Waals surface area contributed by atoms with Gasteiger partial charge in [0.2, 0.25) is 0 Å². The number of rotatable bonds is 3. The van der Waals surface area contributed by atoms with Crippen molar-refractivity contribution in [3.8, 4) is 0 Å². The smallest absolute Gasteiger partial charge is 0.321 e. The molecule has 4 heteroatoms. The molecule has 2 N–H and O–H groups in total. The highest BCUT2D eigenvalue weighted by Gasteiger charge is 2.31. The molecule has 104 valence electrons. The van der Waals surface area contributed by atoms with Crippen molar-refractivity contribution in [1.82, 2.24) is 0 Å². The van der Waals surface area contributed by atoms with Crippen LogP contribution in [-0.2, 0) is 4.57 Å². The van der Waals surface area contributed by atoms with Gasteiger partial charge in [0.05, 0.1) is 0 Å². The van der Waals surface area contributed by atoms with E-state index in [9.17, 15) is 14.4 Å². The summed E-state index contributed by atoms with van der Waals surface area (Å²) in [7, 11) is -4.05. The van der Waals surface area contributed by atoms with Crippen LogP contribution in [0, 0.1) is 11.8 Å². The summed E-state index contributed by atoms with van der Waals surface area (Å²) in [5.74, 6) is 0.546. The molecule has 0 amide bonds. The van der Waals surface area contributed by atoms with E-state index >= 15 is 0 Å². The number of hydrogen-bond acceptors (Lipinski definition) is 1. The van der Waals surface area contributed by atoms with Gasteiger partial charge in [0.1, 0.15) is 0 Å². The average molecular weight is 272 g/mol. The van der Waals surface area contributed by atoms with Gasteiger partial charge in [-0.05, 0) is 37.5 Å². The van der Waals surface area contributed by atoms with Crippen molar-refractivity contribution in [2.75, 3.05) is 0 Å². The third kappa shape index (κ3) is 3.94. The van der Waals surface area contributed by atoms with Crippen LogP contribution in [0.1, 0.15) is 64.2 Å². The zero-order valence-corrected chi connectivity index (χ0v) is 11.9. The first-order valence-corrected chi connectivity index (χ1v) is 8.96. The molecule has 2 fully saturated rings. The maximum absolute atomic E-state index is 11.7. The van der Waals surface area contributed by atoms with E-state index in [1.54, 1.807) is 0 Å². The first-order chi connectivity index (χ1) is 8.57. The molecule has 0 aromatic carbocycles. The second kappa shape index (κ2) is 6.36. The van der Waals surface area contributed by atoms with Crippen molar-refractivity contribution in [2.24, 2.45) is 11.8 Å². The van der Waals surface area contributed by atoms with Crippen molar-refractivity contribution in [3.05, 3.63) is 11.4 Å². The molecule has 0 spiro atoms. The lowest BCUT2D eigenvalue weighted by Gasteiger charge is -2.27. The summed E-state index contributed by atoms with van der Waals surface area (Å²) in [5, 5.41) is 0.467. The Morgan fingerprint density at radius 2 is 1.39 bits per heavy atom. The van der Waals surface area contributed by atoms with Crippen LogP contribution in [0.2, 0.25) is 0 Å². The van der Waals surface area contributed by atoms with E-state index in [4.69, 9.17) is 0 Å². The quantitative estimate of drug-likeness (QED) is 0.757. The van der Waals surface area contributed by atoms with Gasteiger partial charge in [-0.2, -0.15) is 0 Å². The predicted molar refractivity (Wildman–Crippen MR) is 73.3 cm³/mol. The fourth-order valence-corrected chi connectivity index (χ4v) is 4.55. The molecular formula is C14H25O3P. The molecule has 0 saturated heterocycles. The van der Waals surface area contributed by atoms with Gasteiger partial charge in [-0.25, -0.2) is 0 Å². The minimum atomic E-state index is -4.05. The van der Waals surface area contributed by atoms with Gasteiger partial charge in [0, 0.05) is 5.31 Å². The van der Waals surface area contributed by atoms with E-state index in [1.807, 2.05) is 6.08 Å². The van der Waals surface area contributed by atoms with Gasteiger partial charge in [-0.3, -0.25) is 4.57 Å². The van der Waals surface area contributed by atoms with Crippen LogP contribution in [0.3, 0.4) is 0 Å². The first kappa shape index (κ1) is 14.3. The fourth-order valence-electron chi connectivity index (χ4n) is 3.41. The summed E-state index contributed by atoms with van der Waals surface area (Å²) in [5.41, 5.74) is 0. The number of hydrogen-bond donors (Lipinski definition) is 2. The normalized spacial score (nSPS) is 25.3. The Labute approximate surface area is 110 Å². The molecular weight excluding hydrogens is 247 g/mol. The minimum Gasteiger partial charge on any atom is -0.321 e. The van der Waals surface area contributed by atoms with Gasteiger partial charge >= 0.3 is 7.60 Å². The summed E-state index contributed by atoms with van der Waals surface area (Å²) >= 11 is 0. The molecule has 0 radical (unpaired) electrons. The Hall–Kier alpha value is -0.110. The summed E-state index contributed by atoms with van der Waals surface area (Å²) < 4.78 is 11.7. The molecule has 3 nitrogen and oxygen atoms in total. The lowest BCUT2D eigenvalue weighted by molar-refractivity contribution is 0.350. The SMILES string of the molecule is O=P(O)(O)C(=CC1CCCCC1)C1CCCCC1. The third-order valence-corrected chi connectivity index (χ3v) is 5.60. The van der Waals surface area contributed by atoms with Crippen LogP contribution in [-0.4, -0.2) is 9.79 Å². The van der Waals surface area contributed by atoms with E-state index in [0.29, 0.717) is 11.2 Å². The van der Waals surface area contributed by atoms with Gasteiger partial charge < -0.3 is 9.79 Å². The van der Waals surface area contributed by atoms with Crippen molar-refractivity contribution in [1.29, 1.82) is 0 Å². The topological polar surface area (TPSA) is 57.5 Å². The highest BCUT2D eigenvalue weighted by atomic mass is 31.2. The Bertz CT molecular complexity index is 333. The zero-order valence-electron chi connectivity index (χ0n) is 11.1. The van der Waals surface area contributed by atoms with E-state index < -0.39 is 7.60 Å². The van der Waals surface area contributed by atoms with Crippen LogP contribution in [0.15, 0.2) is 11.4 Å². The van der Waals surface area contributed by atoms with E-state index in [-0.39, 0.29) is 5.92 Å². The van der Waals surface area contributed by atoms with Crippen LogP contribution >= 0.6 is 7.60 Å². The summed E-state index contributed by atoms with van der Waals surface area (Å²) in [6.45, 7) is 0. The highest BCUT2D eigenvalue weighted by Crippen LogP contribution is 2.53. The maximum atomic E-state index is 11.7. The molecule has 18 heavy (non-hydrogen) atoms. The van der Waals surface area contributed by atoms with Crippen molar-refractivity contribution in [3.63, 3.8) is 0 Å². The average Bonchev–Trinajstić information content (AvgIpc) is 2.37. The second-order valence-electron chi connectivity index (χ2n) is 5.87. The Morgan fingerprint density at radius 3 is 1.89 bits per heavy atom. The molecule has 0 aliphatic heterocycles. The number of allylic oxidation sites excluding steroid dienone is 2. The molecule has 0 aromatic heterocycles. The molecule has 2 aliphatic carbocycles. The molecule has 0 bridgehead atoms. The molecule has 2 rings (SSSR count). The van der Waals surface area contributed by atoms with E-state index in [0.717, 1.165) is 38.5 Å². The van der Waals surface area contributed by atoms with E-state index in [1.165, 1.54) is 25.7 Å². The summed E-state index contributed by atoms with van der Waals surface area (Å²) in [6.07, 6.45) is 13.2. The van der Waals surface area contributed by atoms with Gasteiger partial charge in [-0.1, -0.05) is 44.6 Å². The lowest BCUT2D eigenvalue weighted by atomic mass is 9.85. The second-order valence-corrected chi connectivity index (χ2v) is 7.47. The molecule has 2 aliphatic rings. The van der Waals surface area contributed by atoms with Gasteiger partial charge in [0.25, 0.3) is 0 Å². The van der Waals surface area contributed by atoms with E-state index in [2.05, 4.69) is 0 Å². The van der Waals surface area contributed by atoms with Crippen molar-refractivity contribution < 1.29 is 14.4 Å². The Balaban J connectivity index is 2.13.